The van der Waals surface area contributed by atoms with Gasteiger partial charge in [0.15, 0.2) is 0 Å². The fourth-order valence-electron chi connectivity index (χ4n) is 3.36. The van der Waals surface area contributed by atoms with Crippen molar-refractivity contribution in [2.75, 3.05) is 37.9 Å². The molecule has 4 rings (SSSR count). The largest absolute Gasteiger partial charge is 0.490 e. The molecular formula is C26H25ClN6O2. The minimum absolute atomic E-state index is 0.333. The van der Waals surface area contributed by atoms with Crippen molar-refractivity contribution in [2.45, 2.75) is 0 Å². The summed E-state index contributed by atoms with van der Waals surface area (Å²) in [6, 6.07) is 12.9. The normalized spacial score (nSPS) is 10.9. The summed E-state index contributed by atoms with van der Waals surface area (Å²) in [5.74, 6) is 0.621. The third-order valence-electron chi connectivity index (χ3n) is 5.10. The second-order valence-electron chi connectivity index (χ2n) is 8.01. The maximum atomic E-state index is 12.0. The molecule has 0 unspecified atom stereocenters. The van der Waals surface area contributed by atoms with E-state index in [1.165, 1.54) is 6.08 Å². The van der Waals surface area contributed by atoms with Crippen LogP contribution in [0.5, 0.6) is 5.75 Å². The van der Waals surface area contributed by atoms with Crippen molar-refractivity contribution in [1.82, 2.24) is 19.9 Å². The highest BCUT2D eigenvalue weighted by atomic mass is 35.5. The molecule has 0 radical (unpaired) electrons. The highest BCUT2D eigenvalue weighted by Crippen LogP contribution is 2.31. The van der Waals surface area contributed by atoms with Crippen LogP contribution in [0.25, 0.3) is 22.0 Å². The van der Waals surface area contributed by atoms with Gasteiger partial charge < -0.3 is 20.3 Å². The smallest absolute Gasteiger partial charge is 0.247 e. The van der Waals surface area contributed by atoms with Gasteiger partial charge in [0.25, 0.3) is 0 Å². The second-order valence-corrected chi connectivity index (χ2v) is 8.45. The lowest BCUT2D eigenvalue weighted by Crippen LogP contribution is -2.20. The van der Waals surface area contributed by atoms with Crippen LogP contribution in [0.2, 0.25) is 5.02 Å². The molecule has 4 aromatic rings. The SMILES string of the molecule is C=CC(=O)Nc1cc(Nc2ncc3cncc(-c4cccc(Cl)c4)c3n2)ccc1OCCN(C)C. The fourth-order valence-corrected chi connectivity index (χ4v) is 3.55. The first kappa shape index (κ1) is 24.1. The lowest BCUT2D eigenvalue weighted by molar-refractivity contribution is -0.111. The van der Waals surface area contributed by atoms with Crippen molar-refractivity contribution in [1.29, 1.82) is 0 Å². The summed E-state index contributed by atoms with van der Waals surface area (Å²) in [5.41, 5.74) is 3.70. The van der Waals surface area contributed by atoms with Crippen molar-refractivity contribution >= 4 is 45.7 Å². The van der Waals surface area contributed by atoms with E-state index in [2.05, 4.69) is 27.2 Å². The van der Waals surface area contributed by atoms with Crippen LogP contribution < -0.4 is 15.4 Å². The van der Waals surface area contributed by atoms with Crippen molar-refractivity contribution in [3.63, 3.8) is 0 Å². The molecule has 2 aromatic carbocycles. The van der Waals surface area contributed by atoms with E-state index < -0.39 is 0 Å². The zero-order valence-electron chi connectivity index (χ0n) is 19.5. The molecule has 35 heavy (non-hydrogen) atoms. The Morgan fingerprint density at radius 2 is 2.03 bits per heavy atom. The molecule has 0 atom stereocenters. The quantitative estimate of drug-likeness (QED) is 0.314. The molecule has 0 fully saturated rings. The number of rotatable bonds is 9. The predicted octanol–water partition coefficient (Wildman–Crippen LogP) is 5.15. The van der Waals surface area contributed by atoms with Crippen LogP contribution in [0.3, 0.4) is 0 Å². The first-order valence-electron chi connectivity index (χ1n) is 10.9. The number of fused-ring (bicyclic) bond motifs is 1. The van der Waals surface area contributed by atoms with Crippen LogP contribution >= 0.6 is 11.6 Å². The summed E-state index contributed by atoms with van der Waals surface area (Å²) in [6.07, 6.45) is 6.40. The number of carbonyl (C=O) groups is 1. The molecule has 0 saturated heterocycles. The highest BCUT2D eigenvalue weighted by Gasteiger charge is 2.11. The van der Waals surface area contributed by atoms with E-state index >= 15 is 0 Å². The minimum atomic E-state index is -0.333. The van der Waals surface area contributed by atoms with Gasteiger partial charge in [-0.2, -0.15) is 0 Å². The van der Waals surface area contributed by atoms with Crippen molar-refractivity contribution in [3.8, 4) is 16.9 Å². The summed E-state index contributed by atoms with van der Waals surface area (Å²) in [4.78, 5) is 27.5. The molecule has 2 N–H and O–H groups in total. The van der Waals surface area contributed by atoms with Crippen LogP contribution in [0, 0.1) is 0 Å². The lowest BCUT2D eigenvalue weighted by Gasteiger charge is -2.16. The van der Waals surface area contributed by atoms with Gasteiger partial charge in [-0.05, 0) is 56.1 Å². The molecule has 9 heteroatoms. The number of halogens is 1. The third kappa shape index (κ3) is 6.11. The van der Waals surface area contributed by atoms with Gasteiger partial charge in [-0.3, -0.25) is 9.78 Å². The number of ether oxygens (including phenoxy) is 1. The van der Waals surface area contributed by atoms with E-state index in [0.717, 1.165) is 28.6 Å². The average molecular weight is 489 g/mol. The van der Waals surface area contributed by atoms with Crippen LogP contribution in [0.15, 0.2) is 73.7 Å². The number of benzene rings is 2. The number of anilines is 3. The van der Waals surface area contributed by atoms with Crippen LogP contribution in [0.1, 0.15) is 0 Å². The number of hydrogen-bond donors (Lipinski definition) is 2. The standard InChI is InChI=1S/C26H25ClN6O2/c1-4-24(34)31-22-13-20(8-9-23(22)35-11-10-33(2)3)30-26-29-15-18-14-28-16-21(25(18)32-26)17-6-5-7-19(27)12-17/h4-9,12-16H,1,10-11H2,2-3H3,(H,31,34)(H,29,30,32). The summed E-state index contributed by atoms with van der Waals surface area (Å²) < 4.78 is 5.86. The van der Waals surface area contributed by atoms with Gasteiger partial charge in [0, 0.05) is 46.8 Å². The Labute approximate surface area is 208 Å². The number of nitrogens with zero attached hydrogens (tertiary/aromatic N) is 4. The fraction of sp³-hybridized carbons (Fsp3) is 0.154. The first-order chi connectivity index (χ1) is 16.9. The van der Waals surface area contributed by atoms with Gasteiger partial charge in [0.05, 0.1) is 11.2 Å². The summed E-state index contributed by atoms with van der Waals surface area (Å²) in [5, 5.41) is 7.44. The van der Waals surface area contributed by atoms with Gasteiger partial charge in [-0.15, -0.1) is 0 Å². The molecule has 0 aliphatic carbocycles. The van der Waals surface area contributed by atoms with Crippen molar-refractivity contribution < 1.29 is 9.53 Å². The van der Waals surface area contributed by atoms with Crippen LogP contribution in [-0.4, -0.2) is 53.0 Å². The van der Waals surface area contributed by atoms with E-state index in [1.54, 1.807) is 30.7 Å². The molecule has 1 amide bonds. The number of nitrogens with one attached hydrogen (secondary N) is 2. The summed E-state index contributed by atoms with van der Waals surface area (Å²) >= 11 is 6.19. The van der Waals surface area contributed by atoms with Crippen molar-refractivity contribution in [3.05, 3.63) is 78.7 Å². The Morgan fingerprint density at radius 1 is 1.17 bits per heavy atom. The second kappa shape index (κ2) is 10.9. The number of pyridine rings is 1. The van der Waals surface area contributed by atoms with E-state index in [-0.39, 0.29) is 5.91 Å². The molecule has 178 valence electrons. The van der Waals surface area contributed by atoms with Crippen LogP contribution in [0.4, 0.5) is 17.3 Å². The lowest BCUT2D eigenvalue weighted by atomic mass is 10.1. The van der Waals surface area contributed by atoms with Gasteiger partial charge >= 0.3 is 0 Å². The Balaban J connectivity index is 1.64. The average Bonchev–Trinajstić information content (AvgIpc) is 2.84. The minimum Gasteiger partial charge on any atom is -0.490 e. The monoisotopic (exact) mass is 488 g/mol. The summed E-state index contributed by atoms with van der Waals surface area (Å²) in [6.45, 7) is 4.74. The topological polar surface area (TPSA) is 92.3 Å². The number of amides is 1. The molecule has 2 aromatic heterocycles. The molecule has 0 aliphatic rings. The third-order valence-corrected chi connectivity index (χ3v) is 5.34. The van der Waals surface area contributed by atoms with E-state index in [0.29, 0.717) is 34.7 Å². The molecule has 0 spiro atoms. The number of carbonyl (C=O) groups excluding carboxylic acids is 1. The number of aromatic nitrogens is 3. The highest BCUT2D eigenvalue weighted by molar-refractivity contribution is 6.30. The van der Waals surface area contributed by atoms with Crippen LogP contribution in [-0.2, 0) is 4.79 Å². The number of likely N-dealkylation sites (N-methyl/N-ethyl adjacent to an activating group) is 1. The molecule has 0 bridgehead atoms. The maximum Gasteiger partial charge on any atom is 0.247 e. The Morgan fingerprint density at radius 3 is 2.80 bits per heavy atom. The van der Waals surface area contributed by atoms with E-state index in [4.69, 9.17) is 21.3 Å². The number of hydrogen-bond acceptors (Lipinski definition) is 7. The van der Waals surface area contributed by atoms with E-state index in [9.17, 15) is 4.79 Å². The molecule has 0 saturated carbocycles. The van der Waals surface area contributed by atoms with Gasteiger partial charge in [-0.25, -0.2) is 9.97 Å². The van der Waals surface area contributed by atoms with E-state index in [1.807, 2.05) is 49.3 Å². The molecule has 8 nitrogen and oxygen atoms in total. The zero-order valence-corrected chi connectivity index (χ0v) is 20.2. The predicted molar refractivity (Wildman–Crippen MR) is 140 cm³/mol. The van der Waals surface area contributed by atoms with Crippen molar-refractivity contribution in [2.24, 2.45) is 0 Å². The maximum absolute atomic E-state index is 12.0. The van der Waals surface area contributed by atoms with Gasteiger partial charge in [0.2, 0.25) is 11.9 Å². The Bertz CT molecular complexity index is 1380. The Hall–Kier alpha value is -4.01. The Kier molecular flexibility index (Phi) is 7.54. The van der Waals surface area contributed by atoms with Gasteiger partial charge in [-0.1, -0.05) is 30.3 Å². The summed E-state index contributed by atoms with van der Waals surface area (Å²) in [7, 11) is 3.93. The molecule has 2 heterocycles. The molecular weight excluding hydrogens is 464 g/mol. The van der Waals surface area contributed by atoms with Gasteiger partial charge in [0.1, 0.15) is 12.4 Å². The zero-order chi connectivity index (χ0) is 24.8. The first-order valence-corrected chi connectivity index (χ1v) is 11.3. The molecule has 0 aliphatic heterocycles.